The third kappa shape index (κ3) is 10.4. The van der Waals surface area contributed by atoms with E-state index in [1.807, 2.05) is 0 Å². The number of carbonyl (C=O) groups is 4. The molecule has 2 aromatic rings. The summed E-state index contributed by atoms with van der Waals surface area (Å²) in [6.45, 7) is 9.06. The normalized spacial score (nSPS) is 10.9. The molecule has 0 spiro atoms. The molecule has 0 aliphatic carbocycles. The lowest BCUT2D eigenvalue weighted by atomic mass is 9.91. The van der Waals surface area contributed by atoms with E-state index in [-0.39, 0.29) is 59.5 Å². The van der Waals surface area contributed by atoms with E-state index in [1.54, 1.807) is 0 Å². The summed E-state index contributed by atoms with van der Waals surface area (Å²) in [5.41, 5.74) is 0.297. The van der Waals surface area contributed by atoms with Gasteiger partial charge in [-0.05, 0) is 49.9 Å². The maximum Gasteiger partial charge on any atom is 0.338 e. The van der Waals surface area contributed by atoms with Gasteiger partial charge in [0.1, 0.15) is 0 Å². The lowest BCUT2D eigenvalue weighted by Crippen LogP contribution is -2.17. The van der Waals surface area contributed by atoms with E-state index >= 15 is 0 Å². The average molecular weight is 585 g/mol. The van der Waals surface area contributed by atoms with Gasteiger partial charge >= 0.3 is 23.9 Å². The first kappa shape index (κ1) is 34.8. The molecule has 0 saturated heterocycles. The second-order valence-corrected chi connectivity index (χ2v) is 10.4. The number of fused-ring (bicyclic) bond motifs is 1. The third-order valence-electron chi connectivity index (χ3n) is 6.96. The van der Waals surface area contributed by atoms with Crippen molar-refractivity contribution in [3.63, 3.8) is 0 Å². The van der Waals surface area contributed by atoms with Gasteiger partial charge in [-0.1, -0.05) is 79.1 Å². The molecule has 0 aromatic heterocycles. The number of hydrogen-bond acceptors (Lipinski definition) is 8. The Morgan fingerprint density at radius 1 is 0.405 bits per heavy atom. The highest BCUT2D eigenvalue weighted by atomic mass is 16.5. The summed E-state index contributed by atoms with van der Waals surface area (Å²) in [7, 11) is 0. The maximum absolute atomic E-state index is 13.3. The van der Waals surface area contributed by atoms with Crippen molar-refractivity contribution in [2.45, 2.75) is 105 Å². The van der Waals surface area contributed by atoms with Crippen LogP contribution in [0.25, 0.3) is 10.8 Å². The van der Waals surface area contributed by atoms with Crippen LogP contribution in [0.15, 0.2) is 24.3 Å². The van der Waals surface area contributed by atoms with Crippen molar-refractivity contribution in [2.24, 2.45) is 0 Å². The van der Waals surface area contributed by atoms with Crippen LogP contribution in [-0.4, -0.2) is 50.3 Å². The molecule has 0 radical (unpaired) electrons. The Labute approximate surface area is 250 Å². The number of ether oxygens (including phenoxy) is 4. The minimum atomic E-state index is -0.646. The summed E-state index contributed by atoms with van der Waals surface area (Å²) < 4.78 is 22.2. The number of benzene rings is 2. The molecule has 8 heteroatoms. The number of hydrogen-bond donors (Lipinski definition) is 0. The van der Waals surface area contributed by atoms with Crippen LogP contribution >= 0.6 is 0 Å². The fourth-order valence-electron chi connectivity index (χ4n) is 4.55. The van der Waals surface area contributed by atoms with E-state index in [1.165, 1.54) is 24.3 Å². The van der Waals surface area contributed by atoms with E-state index in [2.05, 4.69) is 27.7 Å². The summed E-state index contributed by atoms with van der Waals surface area (Å²) >= 11 is 0. The van der Waals surface area contributed by atoms with Crippen LogP contribution < -0.4 is 0 Å². The van der Waals surface area contributed by atoms with Crippen molar-refractivity contribution in [3.8, 4) is 0 Å². The van der Waals surface area contributed by atoms with E-state index in [0.717, 1.165) is 51.4 Å². The van der Waals surface area contributed by atoms with E-state index < -0.39 is 23.9 Å². The molecule has 232 valence electrons. The standard InChI is InChI=1S/C34H48O8/c1-5-9-13-21-39-31(35)25-17-18-27(33(37)41-23-15-11-7-3)30-28(34(38)42-24-16-12-8-4)20-19-26(29(25)30)32(36)40-22-14-10-6-2/h17-20H,5-16,21-24H2,1-4H3. The van der Waals surface area contributed by atoms with Crippen LogP contribution in [0, 0.1) is 0 Å². The van der Waals surface area contributed by atoms with Crippen LogP contribution in [-0.2, 0) is 18.9 Å². The number of esters is 4. The minimum Gasteiger partial charge on any atom is -0.462 e. The van der Waals surface area contributed by atoms with E-state index in [0.29, 0.717) is 25.7 Å². The van der Waals surface area contributed by atoms with Gasteiger partial charge in [-0.3, -0.25) is 0 Å². The predicted octanol–water partition coefficient (Wildman–Crippen LogP) is 8.23. The van der Waals surface area contributed by atoms with Gasteiger partial charge in [0.05, 0.1) is 48.7 Å². The molecule has 0 saturated carbocycles. The fourth-order valence-corrected chi connectivity index (χ4v) is 4.55. The Morgan fingerprint density at radius 2 is 0.619 bits per heavy atom. The van der Waals surface area contributed by atoms with Crippen LogP contribution in [0.2, 0.25) is 0 Å². The molecule has 0 N–H and O–H groups in total. The third-order valence-corrected chi connectivity index (χ3v) is 6.96. The molecule has 0 amide bonds. The quantitative estimate of drug-likeness (QED) is 0.0870. The monoisotopic (exact) mass is 584 g/mol. The second-order valence-electron chi connectivity index (χ2n) is 10.4. The molecule has 0 fully saturated rings. The zero-order chi connectivity index (χ0) is 30.7. The largest absolute Gasteiger partial charge is 0.462 e. The van der Waals surface area contributed by atoms with Gasteiger partial charge in [-0.2, -0.15) is 0 Å². The molecule has 0 heterocycles. The molecule has 0 bridgehead atoms. The molecular formula is C34H48O8. The maximum atomic E-state index is 13.3. The molecular weight excluding hydrogens is 536 g/mol. The number of unbranched alkanes of at least 4 members (excludes halogenated alkanes) is 8. The van der Waals surface area contributed by atoms with Crippen molar-refractivity contribution in [2.75, 3.05) is 26.4 Å². The van der Waals surface area contributed by atoms with Gasteiger partial charge in [-0.15, -0.1) is 0 Å². The van der Waals surface area contributed by atoms with E-state index in [4.69, 9.17) is 18.9 Å². The highest BCUT2D eigenvalue weighted by Gasteiger charge is 2.28. The van der Waals surface area contributed by atoms with E-state index in [9.17, 15) is 19.2 Å². The van der Waals surface area contributed by atoms with Crippen molar-refractivity contribution in [3.05, 3.63) is 46.5 Å². The molecule has 42 heavy (non-hydrogen) atoms. The van der Waals surface area contributed by atoms with Gasteiger partial charge in [0.15, 0.2) is 0 Å². The molecule has 2 rings (SSSR count). The zero-order valence-electron chi connectivity index (χ0n) is 25.9. The first-order valence-corrected chi connectivity index (χ1v) is 15.7. The molecule has 0 atom stereocenters. The topological polar surface area (TPSA) is 105 Å². The van der Waals surface area contributed by atoms with Crippen LogP contribution in [0.5, 0.6) is 0 Å². The first-order valence-electron chi connectivity index (χ1n) is 15.7. The van der Waals surface area contributed by atoms with Gasteiger partial charge < -0.3 is 18.9 Å². The summed E-state index contributed by atoms with van der Waals surface area (Å²) in [6, 6.07) is 5.82. The smallest absolute Gasteiger partial charge is 0.338 e. The summed E-state index contributed by atoms with van der Waals surface area (Å²) in [6.07, 6.45) is 10.3. The lowest BCUT2D eigenvalue weighted by molar-refractivity contribution is 0.0477. The second kappa shape index (κ2) is 19.7. The van der Waals surface area contributed by atoms with Gasteiger partial charge in [0.25, 0.3) is 0 Å². The number of carbonyl (C=O) groups excluding carboxylic acids is 4. The average Bonchev–Trinajstić information content (AvgIpc) is 3.00. The molecule has 2 aromatic carbocycles. The Morgan fingerprint density at radius 3 is 0.810 bits per heavy atom. The molecule has 0 aliphatic heterocycles. The van der Waals surface area contributed by atoms with Gasteiger partial charge in [-0.25, -0.2) is 19.2 Å². The predicted molar refractivity (Wildman–Crippen MR) is 163 cm³/mol. The molecule has 0 aliphatic rings. The summed E-state index contributed by atoms with van der Waals surface area (Å²) in [5, 5.41) is 0.254. The van der Waals surface area contributed by atoms with Crippen molar-refractivity contribution in [1.29, 1.82) is 0 Å². The highest BCUT2D eigenvalue weighted by molar-refractivity contribution is 6.22. The Kier molecular flexibility index (Phi) is 16.3. The van der Waals surface area contributed by atoms with Gasteiger partial charge in [0.2, 0.25) is 0 Å². The van der Waals surface area contributed by atoms with Gasteiger partial charge in [0, 0.05) is 10.8 Å². The van der Waals surface area contributed by atoms with Crippen LogP contribution in [0.1, 0.15) is 146 Å². The first-order chi connectivity index (χ1) is 20.4. The molecule has 0 unspecified atom stereocenters. The molecule has 8 nitrogen and oxygen atoms in total. The highest BCUT2D eigenvalue weighted by Crippen LogP contribution is 2.32. The zero-order valence-corrected chi connectivity index (χ0v) is 25.9. The summed E-state index contributed by atoms with van der Waals surface area (Å²) in [5.74, 6) is -2.58. The van der Waals surface area contributed by atoms with Crippen molar-refractivity contribution in [1.82, 2.24) is 0 Å². The Balaban J connectivity index is 2.68. The number of rotatable bonds is 20. The Hall–Kier alpha value is -3.42. The SMILES string of the molecule is CCCCCOC(=O)c1ccc(C(=O)OCCCCC)c2c(C(=O)OCCCCC)ccc(C(=O)OCCCCC)c12. The Bertz CT molecular complexity index is 993. The summed E-state index contributed by atoms with van der Waals surface area (Å²) in [4.78, 5) is 53.4. The van der Waals surface area contributed by atoms with Crippen molar-refractivity contribution >= 4 is 34.6 Å². The lowest BCUT2D eigenvalue weighted by Gasteiger charge is -2.17. The van der Waals surface area contributed by atoms with Crippen LogP contribution in [0.3, 0.4) is 0 Å². The minimum absolute atomic E-state index is 0.0742. The van der Waals surface area contributed by atoms with Crippen molar-refractivity contribution < 1.29 is 38.1 Å². The fraction of sp³-hybridized carbons (Fsp3) is 0.588. The van der Waals surface area contributed by atoms with Crippen LogP contribution in [0.4, 0.5) is 0 Å².